The van der Waals surface area contributed by atoms with Crippen LogP contribution in [0.5, 0.6) is 0 Å². The van der Waals surface area contributed by atoms with E-state index < -0.39 is 6.03 Å². The first-order chi connectivity index (χ1) is 15.2. The second kappa shape index (κ2) is 10.6. The smallest absolute Gasteiger partial charge is 0.321 e. The summed E-state index contributed by atoms with van der Waals surface area (Å²) in [6.45, 7) is 0.604. The van der Waals surface area contributed by atoms with Gasteiger partial charge in [-0.3, -0.25) is 14.7 Å². The van der Waals surface area contributed by atoms with Crippen molar-refractivity contribution in [1.29, 1.82) is 0 Å². The summed E-state index contributed by atoms with van der Waals surface area (Å²) in [4.78, 5) is 25.5. The maximum absolute atomic E-state index is 12.3. The molecule has 2 heterocycles. The van der Waals surface area contributed by atoms with Gasteiger partial charge in [0.05, 0.1) is 17.2 Å². The van der Waals surface area contributed by atoms with Crippen LogP contribution in [0.25, 0.3) is 10.7 Å². The third kappa shape index (κ3) is 5.95. The number of hydrogen-bond donors (Lipinski definition) is 2. The van der Waals surface area contributed by atoms with Gasteiger partial charge in [-0.1, -0.05) is 67.4 Å². The van der Waals surface area contributed by atoms with Gasteiger partial charge in [-0.05, 0) is 29.9 Å². The molecule has 0 aliphatic heterocycles. The summed E-state index contributed by atoms with van der Waals surface area (Å²) >= 11 is 2.88. The summed E-state index contributed by atoms with van der Waals surface area (Å²) < 4.78 is 2.02. The van der Waals surface area contributed by atoms with E-state index in [2.05, 4.69) is 33.0 Å². The molecule has 1 fully saturated rings. The fraction of sp³-hybridized carbons (Fsp3) is 0.364. The van der Waals surface area contributed by atoms with Crippen molar-refractivity contribution in [2.24, 2.45) is 0 Å². The maximum Gasteiger partial charge on any atom is 0.321 e. The van der Waals surface area contributed by atoms with Crippen LogP contribution in [0.3, 0.4) is 0 Å². The van der Waals surface area contributed by atoms with Crippen molar-refractivity contribution in [2.45, 2.75) is 49.8 Å². The molecule has 162 valence electrons. The molecule has 1 aliphatic rings. The van der Waals surface area contributed by atoms with Crippen molar-refractivity contribution < 1.29 is 9.59 Å². The SMILES string of the molecule is O=C(CSc1nnc(-c2cccs2)n1Cc1ccccc1)NC(=O)NC1CCCCC1. The number of imide groups is 1. The van der Waals surface area contributed by atoms with Gasteiger partial charge in [-0.15, -0.1) is 21.5 Å². The minimum absolute atomic E-state index is 0.0927. The fourth-order valence-electron chi connectivity index (χ4n) is 3.65. The molecule has 3 aromatic rings. The monoisotopic (exact) mass is 455 g/mol. The molecular formula is C22H25N5O2S2. The molecule has 2 N–H and O–H groups in total. The summed E-state index contributed by atoms with van der Waals surface area (Å²) in [6.07, 6.45) is 5.41. The van der Waals surface area contributed by atoms with Crippen LogP contribution in [0, 0.1) is 0 Å². The largest absolute Gasteiger partial charge is 0.335 e. The van der Waals surface area contributed by atoms with E-state index in [9.17, 15) is 9.59 Å². The minimum Gasteiger partial charge on any atom is -0.335 e. The Bertz CT molecular complexity index is 998. The second-order valence-corrected chi connectivity index (χ2v) is 9.39. The van der Waals surface area contributed by atoms with Gasteiger partial charge in [0.15, 0.2) is 11.0 Å². The summed E-state index contributed by atoms with van der Waals surface area (Å²) in [5, 5.41) is 16.7. The average Bonchev–Trinajstić information content (AvgIpc) is 3.44. The molecule has 0 unspecified atom stereocenters. The van der Waals surface area contributed by atoms with Crippen molar-refractivity contribution in [1.82, 2.24) is 25.4 Å². The third-order valence-corrected chi connectivity index (χ3v) is 7.00. The molecule has 4 rings (SSSR count). The third-order valence-electron chi connectivity index (χ3n) is 5.17. The first-order valence-corrected chi connectivity index (χ1v) is 12.3. The second-order valence-electron chi connectivity index (χ2n) is 7.50. The molecule has 1 aliphatic carbocycles. The van der Waals surface area contributed by atoms with Crippen LogP contribution >= 0.6 is 23.1 Å². The zero-order valence-electron chi connectivity index (χ0n) is 17.1. The lowest BCUT2D eigenvalue weighted by molar-refractivity contribution is -0.117. The van der Waals surface area contributed by atoms with Gasteiger partial charge in [-0.25, -0.2) is 4.79 Å². The predicted molar refractivity (Wildman–Crippen MR) is 123 cm³/mol. The first-order valence-electron chi connectivity index (χ1n) is 10.4. The van der Waals surface area contributed by atoms with Crippen molar-refractivity contribution in [3.05, 3.63) is 53.4 Å². The van der Waals surface area contributed by atoms with Gasteiger partial charge in [-0.2, -0.15) is 0 Å². The predicted octanol–water partition coefficient (Wildman–Crippen LogP) is 4.31. The molecule has 1 saturated carbocycles. The van der Waals surface area contributed by atoms with Crippen LogP contribution in [0.15, 0.2) is 53.0 Å². The van der Waals surface area contributed by atoms with E-state index in [1.54, 1.807) is 11.3 Å². The lowest BCUT2D eigenvalue weighted by Crippen LogP contribution is -2.45. The van der Waals surface area contributed by atoms with E-state index >= 15 is 0 Å². The number of amides is 3. The van der Waals surface area contributed by atoms with Crippen LogP contribution in [0.4, 0.5) is 4.79 Å². The van der Waals surface area contributed by atoms with E-state index in [0.29, 0.717) is 11.7 Å². The number of urea groups is 1. The lowest BCUT2D eigenvalue weighted by Gasteiger charge is -2.22. The zero-order chi connectivity index (χ0) is 21.5. The van der Waals surface area contributed by atoms with Gasteiger partial charge in [0.1, 0.15) is 0 Å². The van der Waals surface area contributed by atoms with Gasteiger partial charge in [0.2, 0.25) is 5.91 Å². The molecule has 0 bridgehead atoms. The van der Waals surface area contributed by atoms with Crippen LogP contribution in [0.2, 0.25) is 0 Å². The Hall–Kier alpha value is -2.65. The van der Waals surface area contributed by atoms with Crippen molar-refractivity contribution in [2.75, 3.05) is 5.75 Å². The molecule has 31 heavy (non-hydrogen) atoms. The number of nitrogens with one attached hydrogen (secondary N) is 2. The highest BCUT2D eigenvalue weighted by atomic mass is 32.2. The van der Waals surface area contributed by atoms with Crippen LogP contribution in [-0.4, -0.2) is 38.5 Å². The number of thiophene rings is 1. The van der Waals surface area contributed by atoms with Crippen molar-refractivity contribution in [3.8, 4) is 10.7 Å². The fourth-order valence-corrected chi connectivity index (χ4v) is 5.11. The summed E-state index contributed by atoms with van der Waals surface area (Å²) in [5.74, 6) is 0.525. The van der Waals surface area contributed by atoms with Crippen molar-refractivity contribution in [3.63, 3.8) is 0 Å². The molecule has 2 aromatic heterocycles. The highest BCUT2D eigenvalue weighted by Crippen LogP contribution is 2.28. The molecule has 9 heteroatoms. The zero-order valence-corrected chi connectivity index (χ0v) is 18.8. The molecule has 0 atom stereocenters. The topological polar surface area (TPSA) is 88.9 Å². The lowest BCUT2D eigenvalue weighted by atomic mass is 9.96. The van der Waals surface area contributed by atoms with E-state index in [4.69, 9.17) is 0 Å². The Morgan fingerprint density at radius 2 is 1.87 bits per heavy atom. The number of aromatic nitrogens is 3. The number of rotatable bonds is 7. The normalized spacial score (nSPS) is 14.3. The number of hydrogen-bond acceptors (Lipinski definition) is 6. The number of carbonyl (C=O) groups excluding carboxylic acids is 2. The number of carbonyl (C=O) groups is 2. The van der Waals surface area contributed by atoms with E-state index in [1.165, 1.54) is 18.2 Å². The molecule has 0 saturated heterocycles. The van der Waals surface area contributed by atoms with E-state index in [0.717, 1.165) is 41.9 Å². The number of thioether (sulfide) groups is 1. The van der Waals surface area contributed by atoms with Gasteiger partial charge in [0, 0.05) is 6.04 Å². The Morgan fingerprint density at radius 1 is 1.06 bits per heavy atom. The van der Waals surface area contributed by atoms with Crippen LogP contribution < -0.4 is 10.6 Å². The maximum atomic E-state index is 12.3. The highest BCUT2D eigenvalue weighted by Gasteiger charge is 2.19. The summed E-state index contributed by atoms with van der Waals surface area (Å²) in [7, 11) is 0. The van der Waals surface area contributed by atoms with Gasteiger partial charge >= 0.3 is 6.03 Å². The van der Waals surface area contributed by atoms with Crippen molar-refractivity contribution >= 4 is 35.0 Å². The average molecular weight is 456 g/mol. The Kier molecular flexibility index (Phi) is 7.37. The first kappa shape index (κ1) is 21.6. The van der Waals surface area contributed by atoms with Gasteiger partial charge < -0.3 is 5.32 Å². The van der Waals surface area contributed by atoms with Crippen LogP contribution in [-0.2, 0) is 11.3 Å². The Labute approximate surface area is 189 Å². The Morgan fingerprint density at radius 3 is 2.61 bits per heavy atom. The quantitative estimate of drug-likeness (QED) is 0.519. The highest BCUT2D eigenvalue weighted by molar-refractivity contribution is 7.99. The summed E-state index contributed by atoms with van der Waals surface area (Å²) in [5.41, 5.74) is 1.12. The molecule has 1 aromatic carbocycles. The molecule has 0 spiro atoms. The molecular weight excluding hydrogens is 430 g/mol. The number of nitrogens with zero attached hydrogens (tertiary/aromatic N) is 3. The molecule has 7 nitrogen and oxygen atoms in total. The minimum atomic E-state index is -0.414. The van der Waals surface area contributed by atoms with E-state index in [-0.39, 0.29) is 17.7 Å². The van der Waals surface area contributed by atoms with Crippen LogP contribution in [0.1, 0.15) is 37.7 Å². The molecule has 0 radical (unpaired) electrons. The molecule has 3 amide bonds. The van der Waals surface area contributed by atoms with Gasteiger partial charge in [0.25, 0.3) is 0 Å². The number of benzene rings is 1. The standard InChI is InChI=1S/C22H25N5O2S2/c28-19(24-21(29)23-17-10-5-2-6-11-17)15-31-22-26-25-20(18-12-7-13-30-18)27(22)14-16-8-3-1-4-9-16/h1,3-4,7-9,12-13,17H,2,5-6,10-11,14-15H2,(H2,23,24,28,29). The Balaban J connectivity index is 1.39. The summed E-state index contributed by atoms with van der Waals surface area (Å²) in [6, 6.07) is 13.8. The van der Waals surface area contributed by atoms with E-state index in [1.807, 2.05) is 40.3 Å².